The number of anilines is 1. The Hall–Kier alpha value is -2.14. The first-order valence-electron chi connectivity index (χ1n) is 9.26. The number of hydrogen-bond acceptors (Lipinski definition) is 5. The Balaban J connectivity index is 1.39. The van der Waals surface area contributed by atoms with Crippen LogP contribution in [0.4, 0.5) is 5.95 Å². The van der Waals surface area contributed by atoms with Gasteiger partial charge in [0.15, 0.2) is 0 Å². The normalized spacial score (nSPS) is 23.2. The average molecular weight is 338 g/mol. The zero-order valence-corrected chi connectivity index (χ0v) is 14.8. The van der Waals surface area contributed by atoms with E-state index in [1.54, 1.807) is 7.11 Å². The number of nitrogens with one attached hydrogen (secondary N) is 1. The standard InChI is InChI=1S/C20H26N4O/c1-25-19-7-2-5-15-13-16(8-9-18(15)19)23-17-6-3-12-24(14-17)20-21-10-4-11-22-20/h2,4-5,7,10-11,16-17,23H,3,6,8-9,12-14H2,1H3. The molecule has 0 bridgehead atoms. The third-order valence-corrected chi connectivity index (χ3v) is 5.39. The van der Waals surface area contributed by atoms with Crippen molar-refractivity contribution in [2.45, 2.75) is 44.2 Å². The summed E-state index contributed by atoms with van der Waals surface area (Å²) in [6.45, 7) is 2.04. The third-order valence-electron chi connectivity index (χ3n) is 5.39. The topological polar surface area (TPSA) is 50.3 Å². The Labute approximate surface area is 149 Å². The van der Waals surface area contributed by atoms with E-state index in [2.05, 4.69) is 38.4 Å². The van der Waals surface area contributed by atoms with Crippen LogP contribution in [-0.2, 0) is 12.8 Å². The Bertz CT molecular complexity index is 706. The molecule has 2 aromatic rings. The Kier molecular flexibility index (Phi) is 4.83. The van der Waals surface area contributed by atoms with Crippen molar-refractivity contribution in [1.82, 2.24) is 15.3 Å². The molecule has 2 unspecified atom stereocenters. The number of nitrogens with zero attached hydrogens (tertiary/aromatic N) is 3. The van der Waals surface area contributed by atoms with Gasteiger partial charge in [-0.05, 0) is 55.4 Å². The van der Waals surface area contributed by atoms with Crippen LogP contribution in [0.1, 0.15) is 30.4 Å². The highest BCUT2D eigenvalue weighted by Crippen LogP contribution is 2.30. The number of ether oxygens (including phenoxy) is 1. The molecule has 0 amide bonds. The maximum absolute atomic E-state index is 5.52. The largest absolute Gasteiger partial charge is 0.496 e. The molecule has 5 nitrogen and oxygen atoms in total. The lowest BCUT2D eigenvalue weighted by molar-refractivity contribution is 0.345. The molecule has 1 aliphatic carbocycles. The van der Waals surface area contributed by atoms with Gasteiger partial charge in [0.2, 0.25) is 5.95 Å². The van der Waals surface area contributed by atoms with E-state index >= 15 is 0 Å². The van der Waals surface area contributed by atoms with E-state index in [1.165, 1.54) is 30.4 Å². The second kappa shape index (κ2) is 7.40. The fourth-order valence-electron chi connectivity index (χ4n) is 4.19. The highest BCUT2D eigenvalue weighted by atomic mass is 16.5. The molecule has 2 atom stereocenters. The van der Waals surface area contributed by atoms with Gasteiger partial charge in [-0.15, -0.1) is 0 Å². The molecule has 4 rings (SSSR count). The minimum atomic E-state index is 0.509. The monoisotopic (exact) mass is 338 g/mol. The highest BCUT2D eigenvalue weighted by Gasteiger charge is 2.26. The van der Waals surface area contributed by atoms with Crippen LogP contribution in [0.5, 0.6) is 5.75 Å². The van der Waals surface area contributed by atoms with E-state index in [0.717, 1.165) is 37.6 Å². The van der Waals surface area contributed by atoms with Crippen LogP contribution in [0, 0.1) is 0 Å². The molecule has 1 fully saturated rings. The zero-order valence-electron chi connectivity index (χ0n) is 14.8. The summed E-state index contributed by atoms with van der Waals surface area (Å²) in [5, 5.41) is 3.90. The molecule has 2 aliphatic rings. The summed E-state index contributed by atoms with van der Waals surface area (Å²) in [5.41, 5.74) is 2.83. The Morgan fingerprint density at radius 1 is 1.12 bits per heavy atom. The fraction of sp³-hybridized carbons (Fsp3) is 0.500. The van der Waals surface area contributed by atoms with Gasteiger partial charge in [-0.1, -0.05) is 12.1 Å². The van der Waals surface area contributed by atoms with E-state index in [-0.39, 0.29) is 0 Å². The average Bonchev–Trinajstić information content (AvgIpc) is 2.68. The third kappa shape index (κ3) is 3.61. The molecule has 0 radical (unpaired) electrons. The van der Waals surface area contributed by atoms with Crippen LogP contribution in [0.25, 0.3) is 0 Å². The molecule has 25 heavy (non-hydrogen) atoms. The van der Waals surface area contributed by atoms with Gasteiger partial charge >= 0.3 is 0 Å². The van der Waals surface area contributed by atoms with Gasteiger partial charge < -0.3 is 15.0 Å². The van der Waals surface area contributed by atoms with E-state index in [1.807, 2.05) is 18.5 Å². The van der Waals surface area contributed by atoms with E-state index < -0.39 is 0 Å². The van der Waals surface area contributed by atoms with E-state index in [4.69, 9.17) is 4.74 Å². The van der Waals surface area contributed by atoms with Crippen LogP contribution in [0.2, 0.25) is 0 Å². The van der Waals surface area contributed by atoms with Crippen molar-refractivity contribution in [1.29, 1.82) is 0 Å². The second-order valence-electron chi connectivity index (χ2n) is 7.04. The molecule has 132 valence electrons. The summed E-state index contributed by atoms with van der Waals surface area (Å²) >= 11 is 0. The predicted octanol–water partition coefficient (Wildman–Crippen LogP) is 2.60. The van der Waals surface area contributed by atoms with Crippen molar-refractivity contribution >= 4 is 5.95 Å². The van der Waals surface area contributed by atoms with Gasteiger partial charge in [0.1, 0.15) is 5.75 Å². The maximum atomic E-state index is 5.52. The highest BCUT2D eigenvalue weighted by molar-refractivity contribution is 5.42. The van der Waals surface area contributed by atoms with Gasteiger partial charge in [-0.3, -0.25) is 0 Å². The quantitative estimate of drug-likeness (QED) is 0.929. The molecular weight excluding hydrogens is 312 g/mol. The van der Waals surface area contributed by atoms with Crippen LogP contribution in [0.15, 0.2) is 36.7 Å². The van der Waals surface area contributed by atoms with Crippen LogP contribution in [-0.4, -0.2) is 42.3 Å². The molecule has 0 saturated carbocycles. The molecule has 1 saturated heterocycles. The van der Waals surface area contributed by atoms with Gasteiger partial charge in [0.05, 0.1) is 7.11 Å². The van der Waals surface area contributed by atoms with Gasteiger partial charge in [-0.25, -0.2) is 9.97 Å². The molecule has 1 N–H and O–H groups in total. The lowest BCUT2D eigenvalue weighted by Crippen LogP contribution is -2.50. The van der Waals surface area contributed by atoms with Crippen LogP contribution in [0.3, 0.4) is 0 Å². The maximum Gasteiger partial charge on any atom is 0.225 e. The summed E-state index contributed by atoms with van der Waals surface area (Å²) < 4.78 is 5.52. The molecule has 1 aliphatic heterocycles. The number of aromatic nitrogens is 2. The lowest BCUT2D eigenvalue weighted by atomic mass is 9.87. The number of hydrogen-bond donors (Lipinski definition) is 1. The van der Waals surface area contributed by atoms with Crippen molar-refractivity contribution in [3.8, 4) is 5.75 Å². The summed E-state index contributed by atoms with van der Waals surface area (Å²) in [6.07, 6.45) is 9.42. The molecule has 2 heterocycles. The minimum Gasteiger partial charge on any atom is -0.496 e. The summed E-state index contributed by atoms with van der Waals surface area (Å²) in [7, 11) is 1.77. The molecule has 1 aromatic carbocycles. The van der Waals surface area contributed by atoms with Crippen molar-refractivity contribution < 1.29 is 4.74 Å². The van der Waals surface area contributed by atoms with Crippen molar-refractivity contribution in [2.24, 2.45) is 0 Å². The number of piperidine rings is 1. The fourth-order valence-corrected chi connectivity index (χ4v) is 4.19. The van der Waals surface area contributed by atoms with Crippen molar-refractivity contribution in [2.75, 3.05) is 25.1 Å². The van der Waals surface area contributed by atoms with Gasteiger partial charge in [-0.2, -0.15) is 0 Å². The number of fused-ring (bicyclic) bond motifs is 1. The molecule has 5 heteroatoms. The van der Waals surface area contributed by atoms with E-state index in [9.17, 15) is 0 Å². The molecule has 1 aromatic heterocycles. The summed E-state index contributed by atoms with van der Waals surface area (Å²) in [6, 6.07) is 9.35. The van der Waals surface area contributed by atoms with Gasteiger partial charge in [0.25, 0.3) is 0 Å². The molecular formula is C20H26N4O. The zero-order chi connectivity index (χ0) is 17.1. The predicted molar refractivity (Wildman–Crippen MR) is 99.2 cm³/mol. The SMILES string of the molecule is COc1cccc2c1CCC(NC1CCCN(c3ncccn3)C1)C2. The minimum absolute atomic E-state index is 0.509. The van der Waals surface area contributed by atoms with E-state index in [0.29, 0.717) is 12.1 Å². The number of methoxy groups -OCH3 is 1. The first-order valence-corrected chi connectivity index (χ1v) is 9.26. The first-order chi connectivity index (χ1) is 12.3. The Morgan fingerprint density at radius 2 is 2.00 bits per heavy atom. The van der Waals surface area contributed by atoms with Crippen LogP contribution >= 0.6 is 0 Å². The lowest BCUT2D eigenvalue weighted by Gasteiger charge is -2.36. The van der Waals surface area contributed by atoms with Crippen LogP contribution < -0.4 is 15.0 Å². The smallest absolute Gasteiger partial charge is 0.225 e. The van der Waals surface area contributed by atoms with Crippen molar-refractivity contribution in [3.63, 3.8) is 0 Å². The van der Waals surface area contributed by atoms with Gasteiger partial charge in [0, 0.05) is 37.6 Å². The summed E-state index contributed by atoms with van der Waals surface area (Å²) in [5.74, 6) is 1.90. The number of benzene rings is 1. The van der Waals surface area contributed by atoms with Crippen molar-refractivity contribution in [3.05, 3.63) is 47.8 Å². The first kappa shape index (κ1) is 16.3. The second-order valence-corrected chi connectivity index (χ2v) is 7.04. The number of rotatable bonds is 4. The summed E-state index contributed by atoms with van der Waals surface area (Å²) in [4.78, 5) is 11.1. The Morgan fingerprint density at radius 3 is 2.84 bits per heavy atom. The molecule has 0 spiro atoms.